The van der Waals surface area contributed by atoms with Gasteiger partial charge in [0.25, 0.3) is 0 Å². The largest absolute Gasteiger partial charge is 0.237 e. The Morgan fingerprint density at radius 1 is 0.750 bits per heavy atom. The average Bonchev–Trinajstić information content (AvgIpc) is 3.20. The Kier molecular flexibility index (Phi) is 4.11. The van der Waals surface area contributed by atoms with E-state index >= 15 is 0 Å². The highest BCUT2D eigenvalue weighted by Gasteiger charge is 2.49. The molecule has 1 aromatic carbocycles. The fraction of sp³-hybridized carbons (Fsp3) is 0.739. The average molecular weight is 345 g/mol. The van der Waals surface area contributed by atoms with E-state index in [2.05, 4.69) is 52.3 Å². The summed E-state index contributed by atoms with van der Waals surface area (Å²) in [5.41, 5.74) is 6.83. The Bertz CT molecular complexity index is 630. The van der Waals surface area contributed by atoms with Crippen molar-refractivity contribution < 1.29 is 0 Å². The lowest BCUT2D eigenvalue weighted by Crippen LogP contribution is -2.29. The summed E-state index contributed by atoms with van der Waals surface area (Å²) in [6, 6.07) is 5.25. The second-order valence-electron chi connectivity index (χ2n) is 9.59. The molecule has 0 heterocycles. The number of hydrogen-bond donors (Lipinski definition) is 0. The molecule has 0 N–H and O–H groups in total. The molecule has 0 spiro atoms. The quantitative estimate of drug-likeness (QED) is 0.603. The predicted molar refractivity (Wildman–Crippen MR) is 109 cm³/mol. The molecule has 134 valence electrons. The molecule has 3 aliphatic carbocycles. The van der Waals surface area contributed by atoms with Crippen molar-refractivity contribution in [3.05, 3.63) is 34.4 Å². The number of benzene rings is 1. The van der Waals surface area contributed by atoms with Gasteiger partial charge in [0.05, 0.1) is 0 Å². The lowest BCUT2D eigenvalue weighted by Gasteiger charge is -2.48. The van der Waals surface area contributed by atoms with Gasteiger partial charge in [-0.1, -0.05) is 39.8 Å². The third-order valence-electron chi connectivity index (χ3n) is 8.34. The molecule has 5 unspecified atom stereocenters. The minimum atomic E-state index is -0.633. The van der Waals surface area contributed by atoms with Crippen molar-refractivity contribution >= 4 is 10.0 Å². The SMILES string of the molecule is CC1C(C)C(C)C(S(C)(C)C2CCc3cc4c(cc32)CCC4)C1C. The van der Waals surface area contributed by atoms with Gasteiger partial charge in [-0.25, -0.2) is 10.0 Å². The number of fused-ring (bicyclic) bond motifs is 2. The molecule has 0 bridgehead atoms. The summed E-state index contributed by atoms with van der Waals surface area (Å²) in [6.45, 7) is 10.1. The number of rotatable bonds is 2. The first-order valence-corrected chi connectivity index (χ1v) is 12.8. The lowest BCUT2D eigenvalue weighted by atomic mass is 9.92. The molecule has 1 aromatic rings. The maximum Gasteiger partial charge on any atom is 0.0144 e. The van der Waals surface area contributed by atoms with Gasteiger partial charge in [-0.15, -0.1) is 0 Å². The van der Waals surface area contributed by atoms with E-state index in [0.29, 0.717) is 0 Å². The summed E-state index contributed by atoms with van der Waals surface area (Å²) in [5, 5.41) is 1.79. The molecule has 1 saturated carbocycles. The van der Waals surface area contributed by atoms with E-state index in [9.17, 15) is 0 Å². The molecule has 1 heteroatoms. The first-order chi connectivity index (χ1) is 11.3. The van der Waals surface area contributed by atoms with Gasteiger partial charge in [0.2, 0.25) is 0 Å². The molecule has 0 nitrogen and oxygen atoms in total. The molecule has 24 heavy (non-hydrogen) atoms. The Labute approximate surface area is 151 Å². The van der Waals surface area contributed by atoms with Gasteiger partial charge in [0.15, 0.2) is 0 Å². The second kappa shape index (κ2) is 5.79. The van der Waals surface area contributed by atoms with E-state index < -0.39 is 10.0 Å². The molecule has 0 aliphatic heterocycles. The molecule has 0 radical (unpaired) electrons. The van der Waals surface area contributed by atoms with Crippen LogP contribution in [0.1, 0.15) is 68.0 Å². The second-order valence-corrected chi connectivity index (χ2v) is 13.7. The van der Waals surface area contributed by atoms with Gasteiger partial charge in [0, 0.05) is 5.25 Å². The summed E-state index contributed by atoms with van der Waals surface area (Å²) >= 11 is 0. The topological polar surface area (TPSA) is 0 Å². The number of hydrogen-bond acceptors (Lipinski definition) is 0. The van der Waals surface area contributed by atoms with E-state index in [4.69, 9.17) is 0 Å². The highest BCUT2D eigenvalue weighted by atomic mass is 32.3. The van der Waals surface area contributed by atoms with Crippen molar-refractivity contribution in [2.24, 2.45) is 23.7 Å². The van der Waals surface area contributed by atoms with Crippen molar-refractivity contribution in [1.29, 1.82) is 0 Å². The van der Waals surface area contributed by atoms with Crippen LogP contribution in [0.3, 0.4) is 0 Å². The summed E-state index contributed by atoms with van der Waals surface area (Å²) in [5.74, 6) is 3.55. The van der Waals surface area contributed by atoms with Gasteiger partial charge in [0.1, 0.15) is 0 Å². The van der Waals surface area contributed by atoms with E-state index in [1.807, 2.05) is 0 Å². The van der Waals surface area contributed by atoms with Gasteiger partial charge in [-0.3, -0.25) is 0 Å². The summed E-state index contributed by atoms with van der Waals surface area (Å²) in [4.78, 5) is 0. The van der Waals surface area contributed by atoms with E-state index in [1.165, 1.54) is 32.1 Å². The maximum absolute atomic E-state index is 2.68. The van der Waals surface area contributed by atoms with Crippen molar-refractivity contribution in [2.75, 3.05) is 12.5 Å². The Morgan fingerprint density at radius 2 is 1.33 bits per heavy atom. The Hall–Kier alpha value is -0.430. The van der Waals surface area contributed by atoms with Crippen LogP contribution in [0.2, 0.25) is 0 Å². The molecule has 5 atom stereocenters. The Morgan fingerprint density at radius 3 is 1.96 bits per heavy atom. The van der Waals surface area contributed by atoms with Crippen molar-refractivity contribution in [2.45, 2.75) is 70.3 Å². The van der Waals surface area contributed by atoms with Gasteiger partial charge in [-0.2, -0.15) is 0 Å². The molecule has 0 amide bonds. The maximum atomic E-state index is 2.68. The summed E-state index contributed by atoms with van der Waals surface area (Å²) < 4.78 is 0. The van der Waals surface area contributed by atoms with E-state index in [1.54, 1.807) is 22.3 Å². The van der Waals surface area contributed by atoms with Crippen LogP contribution in [-0.4, -0.2) is 17.8 Å². The third-order valence-corrected chi connectivity index (χ3v) is 12.6. The fourth-order valence-electron chi connectivity index (χ4n) is 6.61. The first kappa shape index (κ1) is 17.0. The smallest absolute Gasteiger partial charge is 0.0144 e. The molecule has 1 fully saturated rings. The van der Waals surface area contributed by atoms with Gasteiger partial charge >= 0.3 is 0 Å². The van der Waals surface area contributed by atoms with Crippen LogP contribution in [0.15, 0.2) is 12.1 Å². The molecular weight excluding hydrogens is 308 g/mol. The monoisotopic (exact) mass is 344 g/mol. The lowest BCUT2D eigenvalue weighted by molar-refractivity contribution is 0.352. The summed E-state index contributed by atoms with van der Waals surface area (Å²) in [6.07, 6.45) is 12.2. The zero-order valence-corrected chi connectivity index (χ0v) is 17.4. The fourth-order valence-corrected chi connectivity index (χ4v) is 11.3. The van der Waals surface area contributed by atoms with Crippen LogP contribution < -0.4 is 0 Å². The normalized spacial score (nSPS) is 39.1. The predicted octanol–water partition coefficient (Wildman–Crippen LogP) is 6.15. The minimum absolute atomic E-state index is 0.633. The van der Waals surface area contributed by atoms with Crippen molar-refractivity contribution in [1.82, 2.24) is 0 Å². The van der Waals surface area contributed by atoms with Gasteiger partial charge < -0.3 is 0 Å². The zero-order valence-electron chi connectivity index (χ0n) is 16.6. The van der Waals surface area contributed by atoms with Gasteiger partial charge in [-0.05, 0) is 95.8 Å². The molecule has 3 aliphatic rings. The number of aryl methyl sites for hydroxylation is 3. The molecule has 0 aromatic heterocycles. The third kappa shape index (κ3) is 2.33. The van der Waals surface area contributed by atoms with E-state index in [-0.39, 0.29) is 0 Å². The summed E-state index contributed by atoms with van der Waals surface area (Å²) in [7, 11) is -0.633. The van der Waals surface area contributed by atoms with E-state index in [0.717, 1.165) is 34.2 Å². The van der Waals surface area contributed by atoms with Crippen molar-refractivity contribution in [3.63, 3.8) is 0 Å². The van der Waals surface area contributed by atoms with Crippen LogP contribution >= 0.6 is 10.0 Å². The van der Waals surface area contributed by atoms with Crippen LogP contribution in [0.4, 0.5) is 0 Å². The van der Waals surface area contributed by atoms with Crippen LogP contribution in [0, 0.1) is 23.7 Å². The standard InChI is InChI=1S/C23H36S/c1-14-15(2)17(4)23(16(14)3)24(5,6)22-11-10-20-12-18-8-7-9-19(18)13-21(20)22/h12-17,22-23H,7-11H2,1-6H3. The highest BCUT2D eigenvalue weighted by molar-refractivity contribution is 8.33. The molecule has 0 saturated heterocycles. The zero-order chi connectivity index (χ0) is 17.2. The van der Waals surface area contributed by atoms with Crippen LogP contribution in [0.5, 0.6) is 0 Å². The van der Waals surface area contributed by atoms with Crippen LogP contribution in [0.25, 0.3) is 0 Å². The van der Waals surface area contributed by atoms with Crippen molar-refractivity contribution in [3.8, 4) is 0 Å². The minimum Gasteiger partial charge on any atom is -0.237 e. The molecule has 4 rings (SSSR count). The van der Waals surface area contributed by atoms with Crippen LogP contribution in [-0.2, 0) is 19.3 Å². The highest BCUT2D eigenvalue weighted by Crippen LogP contribution is 2.69. The Balaban J connectivity index is 1.70. The molecular formula is C23H36S. The first-order valence-electron chi connectivity index (χ1n) is 10.2.